The van der Waals surface area contributed by atoms with Crippen LogP contribution in [0.4, 0.5) is 0 Å². The SMILES string of the molecule is CCCC(C)Oc1c(CC)cnc(Oc2ccc(C#N)cc2Cl)c1OC. The fraction of sp³-hybridized carbons (Fsp3) is 0.400. The van der Waals surface area contributed by atoms with Crippen molar-refractivity contribution in [2.75, 3.05) is 7.11 Å². The minimum Gasteiger partial charge on any atom is -0.489 e. The van der Waals surface area contributed by atoms with Gasteiger partial charge in [0.1, 0.15) is 5.75 Å². The molecule has 0 aliphatic carbocycles. The number of hydrogen-bond acceptors (Lipinski definition) is 5. The van der Waals surface area contributed by atoms with Crippen molar-refractivity contribution in [3.63, 3.8) is 0 Å². The maximum Gasteiger partial charge on any atom is 0.266 e. The molecular formula is C20H23ClN2O3. The molecule has 2 aromatic rings. The molecule has 0 aliphatic rings. The van der Waals surface area contributed by atoms with E-state index in [1.165, 1.54) is 0 Å². The topological polar surface area (TPSA) is 64.4 Å². The van der Waals surface area contributed by atoms with Crippen LogP contribution in [0.25, 0.3) is 0 Å². The maximum atomic E-state index is 8.95. The first-order valence-electron chi connectivity index (χ1n) is 8.63. The number of pyridine rings is 1. The monoisotopic (exact) mass is 374 g/mol. The van der Waals surface area contributed by atoms with Gasteiger partial charge in [0.15, 0.2) is 5.75 Å². The Hall–Kier alpha value is -2.45. The first-order valence-corrected chi connectivity index (χ1v) is 9.01. The lowest BCUT2D eigenvalue weighted by Gasteiger charge is -2.20. The Morgan fingerprint density at radius 2 is 2.04 bits per heavy atom. The number of nitrogens with zero attached hydrogens (tertiary/aromatic N) is 2. The summed E-state index contributed by atoms with van der Waals surface area (Å²) >= 11 is 6.20. The number of rotatable bonds is 8. The summed E-state index contributed by atoms with van der Waals surface area (Å²) in [5.41, 5.74) is 1.41. The summed E-state index contributed by atoms with van der Waals surface area (Å²) in [5, 5.41) is 9.28. The van der Waals surface area contributed by atoms with Crippen LogP contribution >= 0.6 is 11.6 Å². The molecule has 1 atom stereocenters. The molecule has 6 heteroatoms. The lowest BCUT2D eigenvalue weighted by molar-refractivity contribution is 0.196. The van der Waals surface area contributed by atoms with Crippen molar-refractivity contribution in [2.45, 2.75) is 46.1 Å². The second-order valence-electron chi connectivity index (χ2n) is 5.88. The Kier molecular flexibility index (Phi) is 7.11. The van der Waals surface area contributed by atoms with E-state index in [0.717, 1.165) is 24.8 Å². The fourth-order valence-corrected chi connectivity index (χ4v) is 2.77. The molecule has 0 spiro atoms. The van der Waals surface area contributed by atoms with Crippen molar-refractivity contribution in [2.24, 2.45) is 0 Å². The van der Waals surface area contributed by atoms with E-state index in [9.17, 15) is 0 Å². The van der Waals surface area contributed by atoms with E-state index in [1.807, 2.05) is 19.9 Å². The standard InChI is InChI=1S/C20H23ClN2O3/c1-5-7-13(3)25-18-15(6-2)12-23-20(19(18)24-4)26-17-9-8-14(11-22)10-16(17)21/h8-10,12-13H,5-7H2,1-4H3. The molecule has 138 valence electrons. The molecule has 1 unspecified atom stereocenters. The number of halogens is 1. The lowest BCUT2D eigenvalue weighted by atomic mass is 10.2. The summed E-state index contributed by atoms with van der Waals surface area (Å²) in [4.78, 5) is 4.36. The van der Waals surface area contributed by atoms with Gasteiger partial charge in [-0.05, 0) is 38.0 Å². The Balaban J connectivity index is 2.41. The highest BCUT2D eigenvalue weighted by Crippen LogP contribution is 2.42. The average Bonchev–Trinajstić information content (AvgIpc) is 2.63. The Morgan fingerprint density at radius 3 is 2.62 bits per heavy atom. The predicted octanol–water partition coefficient (Wildman–Crippen LogP) is 5.54. The second kappa shape index (κ2) is 9.30. The molecular weight excluding hydrogens is 352 g/mol. The highest BCUT2D eigenvalue weighted by Gasteiger charge is 2.21. The molecule has 1 heterocycles. The van der Waals surface area contributed by atoms with Crippen molar-refractivity contribution in [1.29, 1.82) is 5.26 Å². The van der Waals surface area contributed by atoms with Crippen molar-refractivity contribution < 1.29 is 14.2 Å². The zero-order valence-electron chi connectivity index (χ0n) is 15.5. The average molecular weight is 375 g/mol. The Labute approximate surface area is 159 Å². The van der Waals surface area contributed by atoms with Crippen LogP contribution in [0.15, 0.2) is 24.4 Å². The number of ether oxygens (including phenoxy) is 3. The maximum absolute atomic E-state index is 8.95. The Morgan fingerprint density at radius 1 is 1.27 bits per heavy atom. The molecule has 0 saturated heterocycles. The van der Waals surface area contributed by atoms with E-state index in [0.29, 0.717) is 27.8 Å². The van der Waals surface area contributed by atoms with E-state index >= 15 is 0 Å². The highest BCUT2D eigenvalue weighted by molar-refractivity contribution is 6.32. The van der Waals surface area contributed by atoms with E-state index in [4.69, 9.17) is 31.1 Å². The van der Waals surface area contributed by atoms with E-state index in [2.05, 4.69) is 11.9 Å². The van der Waals surface area contributed by atoms with E-state index in [-0.39, 0.29) is 12.0 Å². The zero-order chi connectivity index (χ0) is 19.1. The third-order valence-electron chi connectivity index (χ3n) is 3.90. The van der Waals surface area contributed by atoms with Gasteiger partial charge < -0.3 is 14.2 Å². The smallest absolute Gasteiger partial charge is 0.266 e. The first kappa shape index (κ1) is 19.9. The molecule has 0 bridgehead atoms. The third-order valence-corrected chi connectivity index (χ3v) is 4.19. The molecule has 0 radical (unpaired) electrons. The summed E-state index contributed by atoms with van der Waals surface area (Å²) in [5.74, 6) is 1.75. The minimum absolute atomic E-state index is 0.0490. The molecule has 2 rings (SSSR count). The first-order chi connectivity index (χ1) is 12.5. The van der Waals surface area contributed by atoms with Crippen LogP contribution in [0.2, 0.25) is 5.02 Å². The largest absolute Gasteiger partial charge is 0.489 e. The van der Waals surface area contributed by atoms with E-state index < -0.39 is 0 Å². The van der Waals surface area contributed by atoms with Crippen LogP contribution in [0, 0.1) is 11.3 Å². The number of methoxy groups -OCH3 is 1. The van der Waals surface area contributed by atoms with Crippen LogP contribution in [-0.4, -0.2) is 18.2 Å². The van der Waals surface area contributed by atoms with Gasteiger partial charge in [0.25, 0.3) is 5.88 Å². The normalized spacial score (nSPS) is 11.5. The van der Waals surface area contributed by atoms with Gasteiger partial charge >= 0.3 is 0 Å². The van der Waals surface area contributed by atoms with Crippen LogP contribution in [0.5, 0.6) is 23.1 Å². The lowest BCUT2D eigenvalue weighted by Crippen LogP contribution is -2.13. The predicted molar refractivity (Wildman–Crippen MR) is 101 cm³/mol. The van der Waals surface area contributed by atoms with Crippen LogP contribution in [0.3, 0.4) is 0 Å². The molecule has 0 N–H and O–H groups in total. The Bertz CT molecular complexity index is 802. The van der Waals surface area contributed by atoms with Crippen molar-refractivity contribution in [3.05, 3.63) is 40.5 Å². The van der Waals surface area contributed by atoms with Crippen molar-refractivity contribution in [1.82, 2.24) is 4.98 Å². The van der Waals surface area contributed by atoms with Crippen LogP contribution < -0.4 is 14.2 Å². The van der Waals surface area contributed by atoms with Gasteiger partial charge in [-0.15, -0.1) is 0 Å². The molecule has 0 fully saturated rings. The number of aromatic nitrogens is 1. The summed E-state index contributed by atoms with van der Waals surface area (Å²) in [6.45, 7) is 6.18. The quantitative estimate of drug-likeness (QED) is 0.607. The van der Waals surface area contributed by atoms with E-state index in [1.54, 1.807) is 31.5 Å². The van der Waals surface area contributed by atoms with Gasteiger partial charge in [0, 0.05) is 11.8 Å². The number of nitriles is 1. The summed E-state index contributed by atoms with van der Waals surface area (Å²) in [7, 11) is 1.56. The highest BCUT2D eigenvalue weighted by atomic mass is 35.5. The summed E-state index contributed by atoms with van der Waals surface area (Å²) in [6.07, 6.45) is 4.50. The zero-order valence-corrected chi connectivity index (χ0v) is 16.3. The third kappa shape index (κ3) is 4.59. The molecule has 1 aromatic carbocycles. The van der Waals surface area contributed by atoms with Gasteiger partial charge in [-0.1, -0.05) is 31.9 Å². The molecule has 5 nitrogen and oxygen atoms in total. The summed E-state index contributed by atoms with van der Waals surface area (Å²) in [6, 6.07) is 6.85. The number of aryl methyl sites for hydroxylation is 1. The van der Waals surface area contributed by atoms with Gasteiger partial charge in [-0.25, -0.2) is 4.98 Å². The van der Waals surface area contributed by atoms with Crippen molar-refractivity contribution >= 4 is 11.6 Å². The number of benzene rings is 1. The van der Waals surface area contributed by atoms with Crippen LogP contribution in [-0.2, 0) is 6.42 Å². The molecule has 1 aromatic heterocycles. The van der Waals surface area contributed by atoms with Gasteiger partial charge in [-0.2, -0.15) is 5.26 Å². The van der Waals surface area contributed by atoms with Crippen LogP contribution in [0.1, 0.15) is 44.7 Å². The molecule has 0 aliphatic heterocycles. The number of hydrogen-bond donors (Lipinski definition) is 0. The molecule has 26 heavy (non-hydrogen) atoms. The fourth-order valence-electron chi connectivity index (χ4n) is 2.55. The molecule has 0 saturated carbocycles. The summed E-state index contributed by atoms with van der Waals surface area (Å²) < 4.78 is 17.5. The second-order valence-corrected chi connectivity index (χ2v) is 6.29. The minimum atomic E-state index is 0.0490. The molecule has 0 amide bonds. The van der Waals surface area contributed by atoms with Gasteiger partial charge in [0.05, 0.1) is 29.9 Å². The van der Waals surface area contributed by atoms with Gasteiger partial charge in [0.2, 0.25) is 5.75 Å². The van der Waals surface area contributed by atoms with Crippen molar-refractivity contribution in [3.8, 4) is 29.2 Å². The van der Waals surface area contributed by atoms with Gasteiger partial charge in [-0.3, -0.25) is 0 Å².